The number of benzene rings is 2. The van der Waals surface area contributed by atoms with Crippen molar-refractivity contribution in [2.45, 2.75) is 39.3 Å². The van der Waals surface area contributed by atoms with Crippen LogP contribution in [0.4, 0.5) is 5.69 Å². The van der Waals surface area contributed by atoms with E-state index in [1.807, 2.05) is 12.1 Å². The lowest BCUT2D eigenvalue weighted by Gasteiger charge is -2.28. The van der Waals surface area contributed by atoms with Crippen molar-refractivity contribution in [3.05, 3.63) is 59.2 Å². The normalized spacial score (nSPS) is 16.2. The first-order chi connectivity index (χ1) is 13.0. The van der Waals surface area contributed by atoms with Crippen LogP contribution >= 0.6 is 12.2 Å². The Bertz CT molecular complexity index is 788. The van der Waals surface area contributed by atoms with Gasteiger partial charge < -0.3 is 19.7 Å². The molecular weight excluding hydrogens is 356 g/mol. The summed E-state index contributed by atoms with van der Waals surface area (Å²) in [5, 5.41) is 4.12. The van der Waals surface area contributed by atoms with Gasteiger partial charge in [0.25, 0.3) is 0 Å². The van der Waals surface area contributed by atoms with Gasteiger partial charge in [0.05, 0.1) is 13.2 Å². The first-order valence-corrected chi connectivity index (χ1v) is 9.83. The second-order valence-electron chi connectivity index (χ2n) is 7.10. The highest BCUT2D eigenvalue weighted by molar-refractivity contribution is 7.80. The number of thiocarbonyl (C=S) groups is 1. The largest absolute Gasteiger partial charge is 0.497 e. The number of ether oxygens (including phenoxy) is 2. The highest BCUT2D eigenvalue weighted by Crippen LogP contribution is 2.20. The fourth-order valence-corrected chi connectivity index (χ4v) is 3.52. The zero-order valence-electron chi connectivity index (χ0n) is 16.3. The average Bonchev–Trinajstić information content (AvgIpc) is 3.17. The molecular formula is C22H28N2O2S. The van der Waals surface area contributed by atoms with Crippen molar-refractivity contribution < 1.29 is 9.47 Å². The molecule has 5 heteroatoms. The minimum Gasteiger partial charge on any atom is -0.497 e. The summed E-state index contributed by atoms with van der Waals surface area (Å²) in [7, 11) is 1.69. The summed E-state index contributed by atoms with van der Waals surface area (Å²) in [4.78, 5) is 2.19. The van der Waals surface area contributed by atoms with Crippen LogP contribution in [0.1, 0.15) is 29.5 Å². The fraction of sp³-hybridized carbons (Fsp3) is 0.409. The predicted molar refractivity (Wildman–Crippen MR) is 115 cm³/mol. The van der Waals surface area contributed by atoms with Gasteiger partial charge in [0.15, 0.2) is 5.11 Å². The Morgan fingerprint density at radius 1 is 1.22 bits per heavy atom. The molecule has 0 spiro atoms. The average molecular weight is 385 g/mol. The van der Waals surface area contributed by atoms with E-state index in [1.54, 1.807) is 7.11 Å². The molecule has 0 bridgehead atoms. The summed E-state index contributed by atoms with van der Waals surface area (Å²) in [5.74, 6) is 0.859. The fourth-order valence-electron chi connectivity index (χ4n) is 3.27. The van der Waals surface area contributed by atoms with Crippen molar-refractivity contribution in [2.75, 3.05) is 25.6 Å². The van der Waals surface area contributed by atoms with Crippen LogP contribution in [0.5, 0.6) is 5.75 Å². The lowest BCUT2D eigenvalue weighted by atomic mass is 10.1. The minimum absolute atomic E-state index is 0.232. The number of anilines is 1. The molecule has 1 aliphatic heterocycles. The summed E-state index contributed by atoms with van der Waals surface area (Å²) in [6.07, 6.45) is 2.44. The van der Waals surface area contributed by atoms with Crippen molar-refractivity contribution in [2.24, 2.45) is 0 Å². The summed E-state index contributed by atoms with van der Waals surface area (Å²) in [6.45, 7) is 6.57. The number of hydrogen-bond donors (Lipinski definition) is 1. The van der Waals surface area contributed by atoms with Gasteiger partial charge in [-0.3, -0.25) is 0 Å². The molecule has 1 fully saturated rings. The van der Waals surface area contributed by atoms with Gasteiger partial charge in [0.1, 0.15) is 5.75 Å². The molecule has 27 heavy (non-hydrogen) atoms. The van der Waals surface area contributed by atoms with Crippen LogP contribution in [-0.2, 0) is 11.3 Å². The molecule has 1 N–H and O–H groups in total. The molecule has 0 aromatic heterocycles. The molecule has 0 radical (unpaired) electrons. The third-order valence-electron chi connectivity index (χ3n) is 5.00. The Hall–Kier alpha value is -2.11. The number of hydrogen-bond acceptors (Lipinski definition) is 3. The van der Waals surface area contributed by atoms with Crippen LogP contribution in [0.2, 0.25) is 0 Å². The van der Waals surface area contributed by atoms with E-state index in [9.17, 15) is 0 Å². The van der Waals surface area contributed by atoms with E-state index in [1.165, 1.54) is 11.1 Å². The van der Waals surface area contributed by atoms with Crippen LogP contribution in [0.3, 0.4) is 0 Å². The maximum absolute atomic E-state index is 5.85. The first-order valence-electron chi connectivity index (χ1n) is 9.43. The van der Waals surface area contributed by atoms with Gasteiger partial charge in [-0.15, -0.1) is 0 Å². The maximum Gasteiger partial charge on any atom is 0.173 e. The molecule has 1 aliphatic rings. The van der Waals surface area contributed by atoms with Gasteiger partial charge in [-0.05, 0) is 79.9 Å². The molecule has 0 amide bonds. The van der Waals surface area contributed by atoms with Crippen molar-refractivity contribution >= 4 is 23.0 Å². The van der Waals surface area contributed by atoms with Crippen molar-refractivity contribution in [1.29, 1.82) is 0 Å². The predicted octanol–water partition coefficient (Wildman–Crippen LogP) is 4.69. The van der Waals surface area contributed by atoms with Crippen LogP contribution in [-0.4, -0.2) is 36.4 Å². The lowest BCUT2D eigenvalue weighted by molar-refractivity contribution is 0.0905. The number of nitrogens with one attached hydrogen (secondary N) is 1. The van der Waals surface area contributed by atoms with Crippen LogP contribution in [0.25, 0.3) is 0 Å². The molecule has 1 saturated heterocycles. The third-order valence-corrected chi connectivity index (χ3v) is 5.36. The van der Waals surface area contributed by atoms with Crippen molar-refractivity contribution in [3.8, 4) is 5.75 Å². The molecule has 0 saturated carbocycles. The lowest BCUT2D eigenvalue weighted by Crippen LogP contribution is -2.39. The Balaban J connectivity index is 1.74. The first kappa shape index (κ1) is 19.6. The highest BCUT2D eigenvalue weighted by Gasteiger charge is 2.21. The molecule has 0 aliphatic carbocycles. The molecule has 1 unspecified atom stereocenters. The van der Waals surface area contributed by atoms with Gasteiger partial charge in [-0.1, -0.05) is 18.2 Å². The third kappa shape index (κ3) is 5.44. The SMILES string of the molecule is COc1cccc(CN(CC2CCCO2)C(=S)Nc2ccc(C)c(C)c2)c1. The van der Waals surface area contributed by atoms with E-state index in [2.05, 4.69) is 54.4 Å². The van der Waals surface area contributed by atoms with E-state index >= 15 is 0 Å². The molecule has 3 rings (SSSR count). The van der Waals surface area contributed by atoms with Gasteiger partial charge in [0, 0.05) is 25.4 Å². The summed E-state index contributed by atoms with van der Waals surface area (Å²) < 4.78 is 11.2. The monoisotopic (exact) mass is 384 g/mol. The van der Waals surface area contributed by atoms with E-state index in [0.717, 1.165) is 48.1 Å². The van der Waals surface area contributed by atoms with Gasteiger partial charge in [-0.25, -0.2) is 0 Å². The second-order valence-corrected chi connectivity index (χ2v) is 7.48. The molecule has 144 valence electrons. The number of methoxy groups -OCH3 is 1. The number of nitrogens with zero attached hydrogens (tertiary/aromatic N) is 1. The minimum atomic E-state index is 0.232. The van der Waals surface area contributed by atoms with Gasteiger partial charge in [0.2, 0.25) is 0 Å². The van der Waals surface area contributed by atoms with E-state index < -0.39 is 0 Å². The second kappa shape index (κ2) is 9.20. The van der Waals surface area contributed by atoms with E-state index in [-0.39, 0.29) is 6.10 Å². The quantitative estimate of drug-likeness (QED) is 0.731. The van der Waals surface area contributed by atoms with Crippen molar-refractivity contribution in [3.63, 3.8) is 0 Å². The Kier molecular flexibility index (Phi) is 6.69. The van der Waals surface area contributed by atoms with Crippen LogP contribution < -0.4 is 10.1 Å². The van der Waals surface area contributed by atoms with Gasteiger partial charge in [-0.2, -0.15) is 0 Å². The van der Waals surface area contributed by atoms with E-state index in [4.69, 9.17) is 21.7 Å². The molecule has 2 aromatic carbocycles. The Labute approximate surface area is 167 Å². The van der Waals surface area contributed by atoms with Crippen LogP contribution in [0, 0.1) is 13.8 Å². The van der Waals surface area contributed by atoms with Gasteiger partial charge >= 0.3 is 0 Å². The zero-order chi connectivity index (χ0) is 19.2. The number of rotatable bonds is 6. The highest BCUT2D eigenvalue weighted by atomic mass is 32.1. The summed E-state index contributed by atoms with van der Waals surface area (Å²) in [5.41, 5.74) is 4.71. The topological polar surface area (TPSA) is 33.7 Å². The molecule has 1 heterocycles. The zero-order valence-corrected chi connectivity index (χ0v) is 17.1. The number of aryl methyl sites for hydroxylation is 2. The Morgan fingerprint density at radius 3 is 2.78 bits per heavy atom. The molecule has 1 atom stereocenters. The van der Waals surface area contributed by atoms with Crippen molar-refractivity contribution in [1.82, 2.24) is 4.90 Å². The standard InChI is InChI=1S/C22H28N2O2S/c1-16-9-10-19(12-17(16)2)23-22(27)24(15-21-8-5-11-26-21)14-18-6-4-7-20(13-18)25-3/h4,6-7,9-10,12-13,21H,5,8,11,14-15H2,1-3H3,(H,23,27). The smallest absolute Gasteiger partial charge is 0.173 e. The van der Waals surface area contributed by atoms with Crippen LogP contribution in [0.15, 0.2) is 42.5 Å². The molecule has 2 aromatic rings. The summed E-state index contributed by atoms with van der Waals surface area (Å²) in [6, 6.07) is 14.5. The van der Waals surface area contributed by atoms with E-state index in [0.29, 0.717) is 6.54 Å². The maximum atomic E-state index is 5.85. The molecule has 4 nitrogen and oxygen atoms in total. The Morgan fingerprint density at radius 2 is 2.07 bits per heavy atom. The summed E-state index contributed by atoms with van der Waals surface area (Å²) >= 11 is 5.76.